The number of carbonyl (C=O) groups is 2. The Labute approximate surface area is 171 Å². The normalized spacial score (nSPS) is 11.7. The van der Waals surface area contributed by atoms with Gasteiger partial charge in [-0.25, -0.2) is 4.79 Å². The fraction of sp³-hybridized carbons (Fsp3) is 0.500. The first-order chi connectivity index (χ1) is 13.1. The Balaban J connectivity index is 2.83. The lowest BCUT2D eigenvalue weighted by molar-refractivity contribution is -0.140. The highest BCUT2D eigenvalue weighted by Crippen LogP contribution is 2.24. The third kappa shape index (κ3) is 10.2. The van der Waals surface area contributed by atoms with Gasteiger partial charge in [0.1, 0.15) is 18.0 Å². The topological polar surface area (TPSA) is 85.9 Å². The second kappa shape index (κ2) is 11.6. The van der Waals surface area contributed by atoms with Crippen molar-refractivity contribution in [1.29, 1.82) is 0 Å². The summed E-state index contributed by atoms with van der Waals surface area (Å²) in [5.41, 5.74) is 1.08. The van der Waals surface area contributed by atoms with Gasteiger partial charge in [0.2, 0.25) is 0 Å². The summed E-state index contributed by atoms with van der Waals surface area (Å²) in [7, 11) is 1.58. The van der Waals surface area contributed by atoms with E-state index in [2.05, 4.69) is 10.6 Å². The molecular formula is C20H29ClN2O5. The van der Waals surface area contributed by atoms with Crippen LogP contribution in [0.15, 0.2) is 23.8 Å². The number of carbonyl (C=O) groups excluding carboxylic acids is 2. The molecule has 0 fully saturated rings. The molecule has 0 aliphatic rings. The van der Waals surface area contributed by atoms with Crippen LogP contribution >= 0.6 is 11.6 Å². The van der Waals surface area contributed by atoms with Crippen molar-refractivity contribution >= 4 is 29.7 Å². The molecule has 1 rings (SSSR count). The number of amides is 1. The Morgan fingerprint density at radius 1 is 1.21 bits per heavy atom. The number of halogens is 1. The molecule has 1 aromatic carbocycles. The highest BCUT2D eigenvalue weighted by molar-refractivity contribution is 6.30. The minimum Gasteiger partial charge on any atom is -0.496 e. The third-order valence-corrected chi connectivity index (χ3v) is 3.58. The monoisotopic (exact) mass is 412 g/mol. The summed E-state index contributed by atoms with van der Waals surface area (Å²) in [5, 5.41) is 6.49. The van der Waals surface area contributed by atoms with Crippen LogP contribution in [0.4, 0.5) is 4.79 Å². The van der Waals surface area contributed by atoms with E-state index >= 15 is 0 Å². The summed E-state index contributed by atoms with van der Waals surface area (Å²) in [5.74, 6) is 0.340. The van der Waals surface area contributed by atoms with Crippen LogP contribution in [-0.2, 0) is 14.3 Å². The largest absolute Gasteiger partial charge is 0.496 e. The van der Waals surface area contributed by atoms with E-state index in [1.54, 1.807) is 46.1 Å². The maximum Gasteiger partial charge on any atom is 0.407 e. The summed E-state index contributed by atoms with van der Waals surface area (Å²) in [4.78, 5) is 22.8. The Morgan fingerprint density at radius 3 is 2.54 bits per heavy atom. The first-order valence-corrected chi connectivity index (χ1v) is 9.32. The number of esters is 1. The van der Waals surface area contributed by atoms with Gasteiger partial charge in [0, 0.05) is 37.1 Å². The Kier molecular flexibility index (Phi) is 9.82. The molecule has 8 heteroatoms. The molecule has 0 aliphatic carbocycles. The molecule has 0 aliphatic heterocycles. The molecule has 0 spiro atoms. The van der Waals surface area contributed by atoms with E-state index in [9.17, 15) is 9.59 Å². The molecule has 0 heterocycles. The third-order valence-electron chi connectivity index (χ3n) is 3.35. The molecule has 0 aromatic heterocycles. The maximum atomic E-state index is 12.0. The van der Waals surface area contributed by atoms with Gasteiger partial charge in [0.25, 0.3) is 0 Å². The minimum absolute atomic E-state index is 0.266. The zero-order valence-corrected chi connectivity index (χ0v) is 17.8. The maximum absolute atomic E-state index is 12.0. The van der Waals surface area contributed by atoms with Crippen LogP contribution < -0.4 is 15.4 Å². The zero-order chi connectivity index (χ0) is 21.2. The molecule has 0 bridgehead atoms. The van der Waals surface area contributed by atoms with E-state index in [1.165, 1.54) is 6.92 Å². The van der Waals surface area contributed by atoms with Crippen molar-refractivity contribution in [3.8, 4) is 5.75 Å². The summed E-state index contributed by atoms with van der Waals surface area (Å²) in [6, 6.07) is 5.31. The van der Waals surface area contributed by atoms with Gasteiger partial charge in [0.15, 0.2) is 0 Å². The molecule has 0 unspecified atom stereocenters. The van der Waals surface area contributed by atoms with Crippen LogP contribution in [0.25, 0.3) is 6.08 Å². The molecule has 0 saturated carbocycles. The van der Waals surface area contributed by atoms with Crippen LogP contribution in [-0.4, -0.2) is 51.0 Å². The Morgan fingerprint density at radius 2 is 1.93 bits per heavy atom. The molecule has 7 nitrogen and oxygen atoms in total. The van der Waals surface area contributed by atoms with E-state index in [1.807, 2.05) is 6.08 Å². The van der Waals surface area contributed by atoms with Gasteiger partial charge in [-0.3, -0.25) is 4.79 Å². The second-order valence-electron chi connectivity index (χ2n) is 7.06. The van der Waals surface area contributed by atoms with E-state index < -0.39 is 11.7 Å². The van der Waals surface area contributed by atoms with Crippen molar-refractivity contribution in [2.24, 2.45) is 0 Å². The van der Waals surface area contributed by atoms with Gasteiger partial charge in [-0.05, 0) is 50.6 Å². The van der Waals surface area contributed by atoms with Gasteiger partial charge in [-0.1, -0.05) is 11.6 Å². The minimum atomic E-state index is -0.577. The van der Waals surface area contributed by atoms with Crippen molar-refractivity contribution in [2.45, 2.75) is 33.3 Å². The van der Waals surface area contributed by atoms with E-state index in [-0.39, 0.29) is 19.1 Å². The summed E-state index contributed by atoms with van der Waals surface area (Å²) >= 11 is 6.09. The van der Waals surface area contributed by atoms with E-state index in [0.29, 0.717) is 23.9 Å². The van der Waals surface area contributed by atoms with E-state index in [0.717, 1.165) is 11.1 Å². The number of alkyl carbamates (subject to hydrolysis) is 1. The molecule has 1 aromatic rings. The van der Waals surface area contributed by atoms with Crippen LogP contribution in [0, 0.1) is 0 Å². The second-order valence-corrected chi connectivity index (χ2v) is 7.50. The summed E-state index contributed by atoms with van der Waals surface area (Å²) in [6.45, 7) is 8.25. The van der Waals surface area contributed by atoms with Crippen LogP contribution in [0.2, 0.25) is 5.02 Å². The fourth-order valence-electron chi connectivity index (χ4n) is 2.22. The number of hydrogen-bond acceptors (Lipinski definition) is 6. The number of benzene rings is 1. The molecular weight excluding hydrogens is 384 g/mol. The molecule has 0 saturated heterocycles. The van der Waals surface area contributed by atoms with Crippen molar-refractivity contribution in [2.75, 3.05) is 33.4 Å². The number of rotatable bonds is 9. The molecule has 0 radical (unpaired) electrons. The summed E-state index contributed by atoms with van der Waals surface area (Å²) < 4.78 is 15.5. The van der Waals surface area contributed by atoms with Gasteiger partial charge in [-0.15, -0.1) is 0 Å². The fourth-order valence-corrected chi connectivity index (χ4v) is 2.40. The first-order valence-electron chi connectivity index (χ1n) is 8.94. The van der Waals surface area contributed by atoms with Crippen molar-refractivity contribution in [3.63, 3.8) is 0 Å². The number of methoxy groups -OCH3 is 1. The average molecular weight is 413 g/mol. The Bertz CT molecular complexity index is 698. The molecule has 0 atom stereocenters. The highest BCUT2D eigenvalue weighted by atomic mass is 35.5. The Hall–Kier alpha value is -2.25. The van der Waals surface area contributed by atoms with Gasteiger partial charge < -0.3 is 24.8 Å². The first kappa shape index (κ1) is 23.8. The predicted octanol–water partition coefficient (Wildman–Crippen LogP) is 3.41. The van der Waals surface area contributed by atoms with Crippen LogP contribution in [0.3, 0.4) is 0 Å². The standard InChI is InChI=1S/C20H29ClN2O5/c1-14(24)27-9-8-22-12-15(13-23-19(25)28-20(2,3)4)10-16-11-17(21)6-7-18(16)26-5/h6-7,10-11,22H,8-9,12-13H2,1-5H3,(H,23,25)/b15-10+. The smallest absolute Gasteiger partial charge is 0.407 e. The van der Waals surface area contributed by atoms with E-state index in [4.69, 9.17) is 25.8 Å². The van der Waals surface area contributed by atoms with Crippen molar-refractivity contribution in [1.82, 2.24) is 10.6 Å². The van der Waals surface area contributed by atoms with Crippen molar-refractivity contribution < 1.29 is 23.8 Å². The lowest BCUT2D eigenvalue weighted by atomic mass is 10.1. The number of nitrogens with one attached hydrogen (secondary N) is 2. The molecule has 1 amide bonds. The lowest BCUT2D eigenvalue weighted by Gasteiger charge is -2.20. The SMILES string of the molecule is COc1ccc(Cl)cc1/C=C(\CNCCOC(C)=O)CNC(=O)OC(C)(C)C. The predicted molar refractivity (Wildman–Crippen MR) is 110 cm³/mol. The average Bonchev–Trinajstić information content (AvgIpc) is 2.57. The number of hydrogen-bond donors (Lipinski definition) is 2. The quantitative estimate of drug-likeness (QED) is 0.477. The summed E-state index contributed by atoms with van der Waals surface area (Å²) in [6.07, 6.45) is 1.39. The number of ether oxygens (including phenoxy) is 3. The highest BCUT2D eigenvalue weighted by Gasteiger charge is 2.16. The van der Waals surface area contributed by atoms with Gasteiger partial charge in [-0.2, -0.15) is 0 Å². The van der Waals surface area contributed by atoms with Gasteiger partial charge >= 0.3 is 12.1 Å². The lowest BCUT2D eigenvalue weighted by Crippen LogP contribution is -2.35. The molecule has 156 valence electrons. The van der Waals surface area contributed by atoms with Crippen molar-refractivity contribution in [3.05, 3.63) is 34.4 Å². The van der Waals surface area contributed by atoms with Crippen LogP contribution in [0.5, 0.6) is 5.75 Å². The van der Waals surface area contributed by atoms with Gasteiger partial charge in [0.05, 0.1) is 7.11 Å². The zero-order valence-electron chi connectivity index (χ0n) is 17.1. The molecule has 2 N–H and O–H groups in total. The molecule has 28 heavy (non-hydrogen) atoms. The van der Waals surface area contributed by atoms with Crippen LogP contribution in [0.1, 0.15) is 33.3 Å².